The lowest BCUT2D eigenvalue weighted by Gasteiger charge is -2.12. The first-order valence-corrected chi connectivity index (χ1v) is 9.26. The van der Waals surface area contributed by atoms with Gasteiger partial charge in [0, 0.05) is 17.0 Å². The molecule has 0 radical (unpaired) electrons. The molecule has 9 heteroatoms. The number of benzene rings is 2. The van der Waals surface area contributed by atoms with E-state index in [-0.39, 0.29) is 17.9 Å². The molecule has 0 saturated heterocycles. The molecule has 0 fully saturated rings. The van der Waals surface area contributed by atoms with E-state index in [9.17, 15) is 14.4 Å². The summed E-state index contributed by atoms with van der Waals surface area (Å²) < 4.78 is 6.63. The van der Waals surface area contributed by atoms with Crippen molar-refractivity contribution in [2.24, 2.45) is 0 Å². The molecule has 3 aromatic rings. The monoisotopic (exact) mass is 414 g/mol. The zero-order valence-electron chi connectivity index (χ0n) is 15.9. The molecule has 8 nitrogen and oxygen atoms in total. The Morgan fingerprint density at radius 1 is 1.14 bits per heavy atom. The number of halogens is 1. The van der Waals surface area contributed by atoms with Crippen molar-refractivity contribution in [3.8, 4) is 5.75 Å². The molecule has 150 valence electrons. The summed E-state index contributed by atoms with van der Waals surface area (Å²) in [5, 5.41) is 5.46. The fraction of sp³-hybridized carbons (Fsp3) is 0.200. The number of nitrogens with zero attached hydrogens (tertiary/aromatic N) is 2. The number of carbonyl (C=O) groups is 2. The van der Waals surface area contributed by atoms with E-state index < -0.39 is 11.8 Å². The molecular weight excluding hydrogens is 396 g/mol. The summed E-state index contributed by atoms with van der Waals surface area (Å²) in [6, 6.07) is 11.7. The van der Waals surface area contributed by atoms with Gasteiger partial charge in [0.15, 0.2) is 12.3 Å². The molecule has 2 amide bonds. The summed E-state index contributed by atoms with van der Waals surface area (Å²) in [6.07, 6.45) is 0. The molecule has 0 aliphatic rings. The second-order valence-electron chi connectivity index (χ2n) is 6.22. The van der Waals surface area contributed by atoms with Crippen molar-refractivity contribution < 1.29 is 14.3 Å². The van der Waals surface area contributed by atoms with Gasteiger partial charge in [-0.3, -0.25) is 25.2 Å². The Kier molecular flexibility index (Phi) is 6.13. The number of ether oxygens (including phenoxy) is 1. The maximum atomic E-state index is 12.5. The van der Waals surface area contributed by atoms with Crippen LogP contribution in [0.3, 0.4) is 0 Å². The number of aryl methyl sites for hydroxylation is 2. The van der Waals surface area contributed by atoms with Gasteiger partial charge in [-0.25, -0.2) is 4.68 Å². The van der Waals surface area contributed by atoms with E-state index in [0.29, 0.717) is 28.1 Å². The lowest BCUT2D eigenvalue weighted by Crippen LogP contribution is -2.44. The Balaban J connectivity index is 1.68. The van der Waals surface area contributed by atoms with Crippen LogP contribution in [0.2, 0.25) is 5.02 Å². The molecule has 0 saturated carbocycles. The van der Waals surface area contributed by atoms with Crippen LogP contribution < -0.4 is 21.1 Å². The van der Waals surface area contributed by atoms with Crippen LogP contribution in [0.5, 0.6) is 5.75 Å². The van der Waals surface area contributed by atoms with Gasteiger partial charge in [0.25, 0.3) is 17.4 Å². The minimum Gasteiger partial charge on any atom is -0.483 e. The van der Waals surface area contributed by atoms with Crippen LogP contribution in [0.25, 0.3) is 10.8 Å². The van der Waals surface area contributed by atoms with Gasteiger partial charge in [-0.15, -0.1) is 0 Å². The van der Waals surface area contributed by atoms with Crippen LogP contribution in [0, 0.1) is 6.92 Å². The van der Waals surface area contributed by atoms with E-state index in [4.69, 9.17) is 16.3 Å². The number of hydrogen-bond donors (Lipinski definition) is 2. The first kappa shape index (κ1) is 20.3. The third-order valence-corrected chi connectivity index (χ3v) is 4.43. The van der Waals surface area contributed by atoms with Crippen molar-refractivity contribution in [1.29, 1.82) is 0 Å². The summed E-state index contributed by atoms with van der Waals surface area (Å²) in [7, 11) is 0. The zero-order valence-corrected chi connectivity index (χ0v) is 16.6. The second-order valence-corrected chi connectivity index (χ2v) is 6.65. The minimum absolute atomic E-state index is 0.0387. The van der Waals surface area contributed by atoms with E-state index in [2.05, 4.69) is 16.0 Å². The standard InChI is InChI=1S/C20H19ClN4O4/c1-3-25-20(28)15-7-5-4-6-14(15)18(24-25)19(27)23-22-17(26)11-29-16-9-8-13(21)10-12(16)2/h4-10H,3,11H2,1-2H3,(H,22,26)(H,23,27). The molecular formula is C20H19ClN4O4. The number of carbonyl (C=O) groups excluding carboxylic acids is 2. The average Bonchev–Trinajstić information content (AvgIpc) is 2.72. The van der Waals surface area contributed by atoms with Gasteiger partial charge < -0.3 is 4.74 Å². The lowest BCUT2D eigenvalue weighted by atomic mass is 10.1. The third-order valence-electron chi connectivity index (χ3n) is 4.19. The molecule has 0 bridgehead atoms. The Morgan fingerprint density at radius 3 is 2.55 bits per heavy atom. The van der Waals surface area contributed by atoms with Gasteiger partial charge >= 0.3 is 0 Å². The largest absolute Gasteiger partial charge is 0.483 e. The van der Waals surface area contributed by atoms with Crippen LogP contribution in [-0.2, 0) is 11.3 Å². The number of amides is 2. The molecule has 2 aromatic carbocycles. The minimum atomic E-state index is -0.639. The van der Waals surface area contributed by atoms with E-state index in [1.807, 2.05) is 0 Å². The first-order chi connectivity index (χ1) is 13.9. The quantitative estimate of drug-likeness (QED) is 0.623. The van der Waals surface area contributed by atoms with Crippen molar-refractivity contribution in [2.45, 2.75) is 20.4 Å². The predicted molar refractivity (Wildman–Crippen MR) is 109 cm³/mol. The molecule has 29 heavy (non-hydrogen) atoms. The Labute approximate surface area is 171 Å². The Bertz CT molecular complexity index is 1140. The van der Waals surface area contributed by atoms with Crippen molar-refractivity contribution in [1.82, 2.24) is 20.6 Å². The predicted octanol–water partition coefficient (Wildman–Crippen LogP) is 2.22. The summed E-state index contributed by atoms with van der Waals surface area (Å²) in [4.78, 5) is 36.9. The smallest absolute Gasteiger partial charge is 0.290 e. The van der Waals surface area contributed by atoms with E-state index in [1.165, 1.54) is 4.68 Å². The van der Waals surface area contributed by atoms with Crippen molar-refractivity contribution in [3.05, 3.63) is 69.1 Å². The van der Waals surface area contributed by atoms with Crippen LogP contribution in [0.15, 0.2) is 47.3 Å². The summed E-state index contributed by atoms with van der Waals surface area (Å²) >= 11 is 5.89. The number of nitrogens with one attached hydrogen (secondary N) is 2. The van der Waals surface area contributed by atoms with Crippen LogP contribution in [0.4, 0.5) is 0 Å². The lowest BCUT2D eigenvalue weighted by molar-refractivity contribution is -0.123. The van der Waals surface area contributed by atoms with Crippen molar-refractivity contribution >= 4 is 34.2 Å². The molecule has 0 aliphatic carbocycles. The normalized spacial score (nSPS) is 10.6. The molecule has 2 N–H and O–H groups in total. The molecule has 3 rings (SSSR count). The fourth-order valence-corrected chi connectivity index (χ4v) is 2.98. The Hall–Kier alpha value is -3.39. The number of fused-ring (bicyclic) bond motifs is 1. The van der Waals surface area contributed by atoms with E-state index in [1.54, 1.807) is 56.3 Å². The van der Waals surface area contributed by atoms with Gasteiger partial charge in [-0.1, -0.05) is 29.8 Å². The van der Waals surface area contributed by atoms with E-state index >= 15 is 0 Å². The highest BCUT2D eigenvalue weighted by atomic mass is 35.5. The zero-order chi connectivity index (χ0) is 21.0. The first-order valence-electron chi connectivity index (χ1n) is 8.88. The molecule has 1 aromatic heterocycles. The molecule has 0 atom stereocenters. The highest BCUT2D eigenvalue weighted by molar-refractivity contribution is 6.30. The SMILES string of the molecule is CCn1nc(C(=O)NNC(=O)COc2ccc(Cl)cc2C)c2ccccc2c1=O. The Morgan fingerprint density at radius 2 is 1.86 bits per heavy atom. The fourth-order valence-electron chi connectivity index (χ4n) is 2.76. The van der Waals surface area contributed by atoms with Gasteiger partial charge in [-0.05, 0) is 43.7 Å². The number of aromatic nitrogens is 2. The molecule has 0 spiro atoms. The topological polar surface area (TPSA) is 102 Å². The average molecular weight is 415 g/mol. The number of hydrogen-bond acceptors (Lipinski definition) is 5. The number of rotatable bonds is 5. The highest BCUT2D eigenvalue weighted by Crippen LogP contribution is 2.21. The summed E-state index contributed by atoms with van der Waals surface area (Å²) in [5.41, 5.74) is 5.13. The highest BCUT2D eigenvalue weighted by Gasteiger charge is 2.17. The van der Waals surface area contributed by atoms with Gasteiger partial charge in [0.2, 0.25) is 0 Å². The van der Waals surface area contributed by atoms with Crippen molar-refractivity contribution in [2.75, 3.05) is 6.61 Å². The summed E-state index contributed by atoms with van der Waals surface area (Å²) in [5.74, 6) is -0.682. The van der Waals surface area contributed by atoms with Gasteiger partial charge in [0.05, 0.1) is 5.39 Å². The maximum Gasteiger partial charge on any atom is 0.290 e. The van der Waals surface area contributed by atoms with Gasteiger partial charge in [0.1, 0.15) is 5.75 Å². The van der Waals surface area contributed by atoms with Crippen LogP contribution in [0.1, 0.15) is 23.0 Å². The van der Waals surface area contributed by atoms with Crippen LogP contribution in [-0.4, -0.2) is 28.2 Å². The maximum absolute atomic E-state index is 12.5. The molecule has 1 heterocycles. The van der Waals surface area contributed by atoms with Gasteiger partial charge in [-0.2, -0.15) is 5.10 Å². The van der Waals surface area contributed by atoms with Crippen LogP contribution >= 0.6 is 11.6 Å². The number of hydrazine groups is 1. The molecule has 0 unspecified atom stereocenters. The molecule has 0 aliphatic heterocycles. The summed E-state index contributed by atoms with van der Waals surface area (Å²) in [6.45, 7) is 3.57. The van der Waals surface area contributed by atoms with E-state index in [0.717, 1.165) is 5.56 Å². The third kappa shape index (κ3) is 4.55. The van der Waals surface area contributed by atoms with Crippen molar-refractivity contribution in [3.63, 3.8) is 0 Å². The second kappa shape index (κ2) is 8.74.